The summed E-state index contributed by atoms with van der Waals surface area (Å²) in [5.74, 6) is -0.306. The lowest BCUT2D eigenvalue weighted by Crippen LogP contribution is -2.50. The van der Waals surface area contributed by atoms with Gasteiger partial charge in [0.1, 0.15) is 11.7 Å². The van der Waals surface area contributed by atoms with Crippen LogP contribution in [0.5, 0.6) is 0 Å². The van der Waals surface area contributed by atoms with Crippen molar-refractivity contribution >= 4 is 17.5 Å². The van der Waals surface area contributed by atoms with Crippen molar-refractivity contribution in [2.45, 2.75) is 78.3 Å². The molecular weight excluding hydrogens is 452 g/mol. The van der Waals surface area contributed by atoms with Crippen molar-refractivity contribution in [2.75, 3.05) is 5.32 Å². The number of nitrogens with one attached hydrogen (secondary N) is 3. The van der Waals surface area contributed by atoms with Crippen molar-refractivity contribution in [3.63, 3.8) is 0 Å². The quantitative estimate of drug-likeness (QED) is 0.426. The van der Waals surface area contributed by atoms with Crippen LogP contribution >= 0.6 is 0 Å². The SMILES string of the molecule is Cc1n[nH]c(C)c1-c1ccc(NC(=O)[C@@H](NC(=O)c2ccnn2C(C)C)C2CCC3(CC2)CC3)cc1. The number of rotatable bonds is 7. The van der Waals surface area contributed by atoms with Crippen molar-refractivity contribution in [3.05, 3.63) is 53.6 Å². The molecule has 36 heavy (non-hydrogen) atoms. The van der Waals surface area contributed by atoms with Gasteiger partial charge in [0.2, 0.25) is 5.91 Å². The van der Waals surface area contributed by atoms with Crippen LogP contribution in [-0.2, 0) is 4.79 Å². The summed E-state index contributed by atoms with van der Waals surface area (Å²) in [7, 11) is 0. The maximum atomic E-state index is 13.6. The van der Waals surface area contributed by atoms with E-state index in [9.17, 15) is 9.59 Å². The minimum atomic E-state index is -0.595. The number of carbonyl (C=O) groups is 2. The average Bonchev–Trinajstić information content (AvgIpc) is 3.26. The van der Waals surface area contributed by atoms with Gasteiger partial charge in [-0.25, -0.2) is 0 Å². The van der Waals surface area contributed by atoms with Gasteiger partial charge in [-0.2, -0.15) is 10.2 Å². The van der Waals surface area contributed by atoms with Gasteiger partial charge in [-0.1, -0.05) is 12.1 Å². The zero-order valence-corrected chi connectivity index (χ0v) is 21.6. The molecule has 3 aromatic rings. The maximum absolute atomic E-state index is 13.6. The van der Waals surface area contributed by atoms with Gasteiger partial charge in [0, 0.05) is 29.2 Å². The number of hydrogen-bond acceptors (Lipinski definition) is 4. The predicted octanol–water partition coefficient (Wildman–Crippen LogP) is 5.18. The summed E-state index contributed by atoms with van der Waals surface area (Å²) in [5, 5.41) is 17.7. The second-order valence-electron chi connectivity index (χ2n) is 10.9. The Hall–Kier alpha value is -3.42. The molecule has 190 valence electrons. The molecular formula is C28H36N6O2. The van der Waals surface area contributed by atoms with E-state index in [0.29, 0.717) is 16.8 Å². The first kappa shape index (κ1) is 24.3. The third-order valence-electron chi connectivity index (χ3n) is 8.05. The van der Waals surface area contributed by atoms with Crippen LogP contribution in [0, 0.1) is 25.2 Å². The molecule has 0 saturated heterocycles. The molecule has 1 atom stereocenters. The highest BCUT2D eigenvalue weighted by molar-refractivity contribution is 6.00. The number of H-pyrrole nitrogens is 1. The Morgan fingerprint density at radius 2 is 1.75 bits per heavy atom. The molecule has 3 N–H and O–H groups in total. The molecule has 5 rings (SSSR count). The monoisotopic (exact) mass is 488 g/mol. The third-order valence-corrected chi connectivity index (χ3v) is 8.05. The Labute approximate surface area is 212 Å². The second kappa shape index (κ2) is 9.56. The highest BCUT2D eigenvalue weighted by Gasteiger charge is 2.47. The van der Waals surface area contributed by atoms with Gasteiger partial charge in [0.05, 0.1) is 5.69 Å². The van der Waals surface area contributed by atoms with E-state index < -0.39 is 6.04 Å². The van der Waals surface area contributed by atoms with E-state index in [1.807, 2.05) is 52.0 Å². The number of amides is 2. The molecule has 2 amide bonds. The van der Waals surface area contributed by atoms with Gasteiger partial charge in [0.25, 0.3) is 5.91 Å². The zero-order chi connectivity index (χ0) is 25.4. The second-order valence-corrected chi connectivity index (χ2v) is 10.9. The summed E-state index contributed by atoms with van der Waals surface area (Å²) < 4.78 is 1.70. The van der Waals surface area contributed by atoms with Crippen LogP contribution in [0.4, 0.5) is 5.69 Å². The smallest absolute Gasteiger partial charge is 0.270 e. The van der Waals surface area contributed by atoms with Crippen LogP contribution in [0.15, 0.2) is 36.5 Å². The highest BCUT2D eigenvalue weighted by atomic mass is 16.2. The molecule has 2 heterocycles. The molecule has 0 aliphatic heterocycles. The molecule has 1 spiro atoms. The Morgan fingerprint density at radius 3 is 2.33 bits per heavy atom. The summed E-state index contributed by atoms with van der Waals surface area (Å²) in [4.78, 5) is 26.8. The van der Waals surface area contributed by atoms with Gasteiger partial charge >= 0.3 is 0 Å². The van der Waals surface area contributed by atoms with Crippen LogP contribution in [0.25, 0.3) is 11.1 Å². The molecule has 2 fully saturated rings. The van der Waals surface area contributed by atoms with Crippen LogP contribution in [0.3, 0.4) is 0 Å². The van der Waals surface area contributed by atoms with E-state index >= 15 is 0 Å². The normalized spacial score (nSPS) is 17.8. The standard InChI is InChI=1S/C28H36N6O2/c1-17(2)34-23(11-16-29-34)26(35)31-25(21-9-12-28(13-10-21)14-15-28)27(36)30-22-7-5-20(6-8-22)24-18(3)32-33-19(24)4/h5-8,11,16-17,21,25H,9-10,12-15H2,1-4H3,(H,30,36)(H,31,35)(H,32,33)/t25-/m0/s1. The number of nitrogens with zero attached hydrogens (tertiary/aromatic N) is 3. The van der Waals surface area contributed by atoms with Crippen LogP contribution in [0.1, 0.15) is 80.3 Å². The summed E-state index contributed by atoms with van der Waals surface area (Å²) in [6.45, 7) is 7.95. The number of aromatic amines is 1. The van der Waals surface area contributed by atoms with Crippen molar-refractivity contribution in [3.8, 4) is 11.1 Å². The number of benzene rings is 1. The lowest BCUT2D eigenvalue weighted by atomic mass is 9.76. The lowest BCUT2D eigenvalue weighted by Gasteiger charge is -2.34. The molecule has 2 aliphatic rings. The molecule has 2 aliphatic carbocycles. The van der Waals surface area contributed by atoms with Gasteiger partial charge < -0.3 is 10.6 Å². The summed E-state index contributed by atoms with van der Waals surface area (Å²) in [5.41, 5.74) is 5.78. The molecule has 8 heteroatoms. The average molecular weight is 489 g/mol. The molecule has 1 aromatic carbocycles. The van der Waals surface area contributed by atoms with E-state index in [2.05, 4.69) is 25.9 Å². The minimum absolute atomic E-state index is 0.0541. The highest BCUT2D eigenvalue weighted by Crippen LogP contribution is 2.57. The van der Waals surface area contributed by atoms with Gasteiger partial charge in [-0.3, -0.25) is 19.4 Å². The fraction of sp³-hybridized carbons (Fsp3) is 0.500. The summed E-state index contributed by atoms with van der Waals surface area (Å²) >= 11 is 0. The van der Waals surface area contributed by atoms with Crippen LogP contribution < -0.4 is 10.6 Å². The first-order valence-corrected chi connectivity index (χ1v) is 13.0. The first-order valence-electron chi connectivity index (χ1n) is 13.0. The Bertz CT molecular complexity index is 1220. The minimum Gasteiger partial charge on any atom is -0.339 e. The van der Waals surface area contributed by atoms with Crippen LogP contribution in [0.2, 0.25) is 0 Å². The largest absolute Gasteiger partial charge is 0.339 e. The van der Waals surface area contributed by atoms with E-state index in [1.54, 1.807) is 16.9 Å². The molecule has 8 nitrogen and oxygen atoms in total. The Balaban J connectivity index is 1.33. The number of hydrogen-bond donors (Lipinski definition) is 3. The number of anilines is 1. The zero-order valence-electron chi connectivity index (χ0n) is 21.6. The van der Waals surface area contributed by atoms with Crippen molar-refractivity contribution in [2.24, 2.45) is 11.3 Å². The number of aromatic nitrogens is 4. The number of aryl methyl sites for hydroxylation is 2. The fourth-order valence-corrected chi connectivity index (χ4v) is 5.70. The molecule has 0 bridgehead atoms. The van der Waals surface area contributed by atoms with Gasteiger partial charge in [-0.05, 0) is 101 Å². The maximum Gasteiger partial charge on any atom is 0.270 e. The summed E-state index contributed by atoms with van der Waals surface area (Å²) in [6, 6.07) is 8.97. The first-order chi connectivity index (χ1) is 17.3. The number of carbonyl (C=O) groups excluding carboxylic acids is 2. The van der Waals surface area contributed by atoms with E-state index in [-0.39, 0.29) is 23.8 Å². The van der Waals surface area contributed by atoms with Crippen LogP contribution in [-0.4, -0.2) is 37.8 Å². The Morgan fingerprint density at radius 1 is 1.06 bits per heavy atom. The molecule has 2 saturated carbocycles. The van der Waals surface area contributed by atoms with E-state index in [4.69, 9.17) is 0 Å². The summed E-state index contributed by atoms with van der Waals surface area (Å²) in [6.07, 6.45) is 8.43. The molecule has 0 radical (unpaired) electrons. The predicted molar refractivity (Wildman–Crippen MR) is 140 cm³/mol. The van der Waals surface area contributed by atoms with Crippen molar-refractivity contribution < 1.29 is 9.59 Å². The topological polar surface area (TPSA) is 105 Å². The van der Waals surface area contributed by atoms with Gasteiger partial charge in [-0.15, -0.1) is 0 Å². The lowest BCUT2D eigenvalue weighted by molar-refractivity contribution is -0.119. The molecule has 2 aromatic heterocycles. The Kier molecular flexibility index (Phi) is 6.45. The third kappa shape index (κ3) is 4.81. The van der Waals surface area contributed by atoms with Crippen molar-refractivity contribution in [1.82, 2.24) is 25.3 Å². The molecule has 0 unspecified atom stereocenters. The van der Waals surface area contributed by atoms with E-state index in [0.717, 1.165) is 48.2 Å². The van der Waals surface area contributed by atoms with Gasteiger partial charge in [0.15, 0.2) is 0 Å². The van der Waals surface area contributed by atoms with Crippen molar-refractivity contribution in [1.29, 1.82) is 0 Å². The van der Waals surface area contributed by atoms with E-state index in [1.165, 1.54) is 12.8 Å². The fourth-order valence-electron chi connectivity index (χ4n) is 5.70.